The first-order valence-electron chi connectivity index (χ1n) is 5.87. The molecule has 1 N–H and O–H groups in total. The van der Waals surface area contributed by atoms with E-state index in [9.17, 15) is 4.79 Å². The lowest BCUT2D eigenvalue weighted by molar-refractivity contribution is 0.0996. The van der Waals surface area contributed by atoms with Crippen LogP contribution in [0.1, 0.15) is 21.7 Å². The van der Waals surface area contributed by atoms with Crippen LogP contribution in [0.5, 0.6) is 0 Å². The van der Waals surface area contributed by atoms with Crippen LogP contribution in [0.25, 0.3) is 10.2 Å². The highest BCUT2D eigenvalue weighted by molar-refractivity contribution is 7.22. The lowest BCUT2D eigenvalue weighted by atomic mass is 10.1. The number of anilines is 1. The third kappa shape index (κ3) is 2.13. The monoisotopic (exact) mass is 272 g/mol. The van der Waals surface area contributed by atoms with Gasteiger partial charge in [0.15, 0.2) is 10.9 Å². The molecule has 0 bridgehead atoms. The molecule has 19 heavy (non-hydrogen) atoms. The average Bonchev–Trinajstić information content (AvgIpc) is 3.02. The Morgan fingerprint density at radius 1 is 1.26 bits per heavy atom. The second-order valence-corrected chi connectivity index (χ2v) is 5.33. The molecule has 0 saturated heterocycles. The topological polar surface area (TPSA) is 55.1 Å². The normalized spacial score (nSPS) is 10.8. The van der Waals surface area contributed by atoms with E-state index >= 15 is 0 Å². The number of aryl methyl sites for hydroxylation is 2. The third-order valence-electron chi connectivity index (χ3n) is 2.91. The van der Waals surface area contributed by atoms with E-state index < -0.39 is 0 Å². The first-order valence-corrected chi connectivity index (χ1v) is 6.68. The summed E-state index contributed by atoms with van der Waals surface area (Å²) in [4.78, 5) is 16.4. The molecule has 1 aromatic carbocycles. The molecule has 0 unspecified atom stereocenters. The number of furan rings is 1. The molecular weight excluding hydrogens is 260 g/mol. The molecule has 3 aromatic rings. The molecule has 0 fully saturated rings. The van der Waals surface area contributed by atoms with E-state index in [1.807, 2.05) is 19.9 Å². The summed E-state index contributed by atoms with van der Waals surface area (Å²) in [6.45, 7) is 4.05. The van der Waals surface area contributed by atoms with Crippen molar-refractivity contribution in [1.29, 1.82) is 0 Å². The summed E-state index contributed by atoms with van der Waals surface area (Å²) >= 11 is 1.48. The highest BCUT2D eigenvalue weighted by atomic mass is 32.1. The zero-order valence-electron chi connectivity index (χ0n) is 10.6. The molecule has 0 saturated carbocycles. The Kier molecular flexibility index (Phi) is 2.83. The zero-order valence-corrected chi connectivity index (χ0v) is 11.4. The molecule has 4 nitrogen and oxygen atoms in total. The SMILES string of the molecule is Cc1ccc(C)c2sc(NC(=O)c3ccco3)nc12. The van der Waals surface area contributed by atoms with Gasteiger partial charge in [0.05, 0.1) is 16.5 Å². The molecule has 96 valence electrons. The molecule has 0 aliphatic heterocycles. The number of carbonyl (C=O) groups excluding carboxylic acids is 1. The van der Waals surface area contributed by atoms with Crippen molar-refractivity contribution in [2.24, 2.45) is 0 Å². The van der Waals surface area contributed by atoms with Crippen molar-refractivity contribution >= 4 is 32.6 Å². The average molecular weight is 272 g/mol. The number of hydrogen-bond donors (Lipinski definition) is 1. The highest BCUT2D eigenvalue weighted by Gasteiger charge is 2.13. The van der Waals surface area contributed by atoms with E-state index in [-0.39, 0.29) is 11.7 Å². The molecule has 2 heterocycles. The maximum atomic E-state index is 11.9. The van der Waals surface area contributed by atoms with Gasteiger partial charge >= 0.3 is 0 Å². The standard InChI is InChI=1S/C14H12N2O2S/c1-8-5-6-9(2)12-11(8)15-14(19-12)16-13(17)10-4-3-7-18-10/h3-7H,1-2H3,(H,15,16,17). The predicted molar refractivity (Wildman–Crippen MR) is 75.8 cm³/mol. The molecular formula is C14H12N2O2S. The van der Waals surface area contributed by atoms with Crippen molar-refractivity contribution in [2.45, 2.75) is 13.8 Å². The van der Waals surface area contributed by atoms with Crippen LogP contribution in [0.15, 0.2) is 34.9 Å². The van der Waals surface area contributed by atoms with Gasteiger partial charge in [-0.2, -0.15) is 0 Å². The van der Waals surface area contributed by atoms with Crippen molar-refractivity contribution in [3.05, 3.63) is 47.4 Å². The molecule has 3 rings (SSSR count). The summed E-state index contributed by atoms with van der Waals surface area (Å²) in [6.07, 6.45) is 1.47. The quantitative estimate of drug-likeness (QED) is 0.772. The predicted octanol–water partition coefficient (Wildman–Crippen LogP) is 3.76. The fraction of sp³-hybridized carbons (Fsp3) is 0.143. The zero-order chi connectivity index (χ0) is 13.4. The number of rotatable bonds is 2. The third-order valence-corrected chi connectivity index (χ3v) is 4.01. The maximum Gasteiger partial charge on any atom is 0.293 e. The van der Waals surface area contributed by atoms with Gasteiger partial charge in [0, 0.05) is 0 Å². The van der Waals surface area contributed by atoms with Gasteiger partial charge in [-0.05, 0) is 37.1 Å². The van der Waals surface area contributed by atoms with Gasteiger partial charge in [-0.1, -0.05) is 23.5 Å². The van der Waals surface area contributed by atoms with Gasteiger partial charge in [-0.25, -0.2) is 4.98 Å². The van der Waals surface area contributed by atoms with Crippen LogP contribution in [0.2, 0.25) is 0 Å². The second kappa shape index (κ2) is 4.51. The van der Waals surface area contributed by atoms with Crippen molar-refractivity contribution in [1.82, 2.24) is 4.98 Å². The number of benzene rings is 1. The van der Waals surface area contributed by atoms with E-state index in [2.05, 4.69) is 16.4 Å². The number of carbonyl (C=O) groups is 1. The highest BCUT2D eigenvalue weighted by Crippen LogP contribution is 2.31. The van der Waals surface area contributed by atoms with Crippen LogP contribution in [-0.4, -0.2) is 10.9 Å². The van der Waals surface area contributed by atoms with E-state index in [4.69, 9.17) is 4.42 Å². The van der Waals surface area contributed by atoms with Crippen LogP contribution in [-0.2, 0) is 0 Å². The second-order valence-electron chi connectivity index (χ2n) is 4.33. The molecule has 0 spiro atoms. The number of nitrogens with zero attached hydrogens (tertiary/aromatic N) is 1. The smallest absolute Gasteiger partial charge is 0.293 e. The molecule has 0 aliphatic carbocycles. The Morgan fingerprint density at radius 3 is 2.74 bits per heavy atom. The number of amides is 1. The number of nitrogens with one attached hydrogen (secondary N) is 1. The minimum Gasteiger partial charge on any atom is -0.459 e. The first kappa shape index (κ1) is 11.9. The summed E-state index contributed by atoms with van der Waals surface area (Å²) < 4.78 is 6.16. The van der Waals surface area contributed by atoms with Gasteiger partial charge in [0.1, 0.15) is 0 Å². The minimum absolute atomic E-state index is 0.278. The van der Waals surface area contributed by atoms with Crippen molar-refractivity contribution < 1.29 is 9.21 Å². The summed E-state index contributed by atoms with van der Waals surface area (Å²) in [6, 6.07) is 7.41. The van der Waals surface area contributed by atoms with Crippen molar-refractivity contribution in [3.63, 3.8) is 0 Å². The number of fused-ring (bicyclic) bond motifs is 1. The van der Waals surface area contributed by atoms with E-state index in [0.717, 1.165) is 21.3 Å². The Bertz CT molecular complexity index is 705. The molecule has 1 amide bonds. The molecule has 0 radical (unpaired) electrons. The lowest BCUT2D eigenvalue weighted by Gasteiger charge is -1.96. The van der Waals surface area contributed by atoms with Crippen molar-refractivity contribution in [2.75, 3.05) is 5.32 Å². The Morgan fingerprint density at radius 2 is 2.05 bits per heavy atom. The minimum atomic E-state index is -0.278. The maximum absolute atomic E-state index is 11.9. The molecule has 0 atom stereocenters. The first-order chi connectivity index (χ1) is 9.15. The van der Waals surface area contributed by atoms with Crippen LogP contribution in [0.4, 0.5) is 5.13 Å². The number of aromatic nitrogens is 1. The largest absolute Gasteiger partial charge is 0.459 e. The number of thiazole rings is 1. The summed E-state index contributed by atoms with van der Waals surface area (Å²) in [5.74, 6) is 0.00654. The lowest BCUT2D eigenvalue weighted by Crippen LogP contribution is -2.10. The van der Waals surface area contributed by atoms with Gasteiger partial charge < -0.3 is 4.42 Å². The summed E-state index contributed by atoms with van der Waals surface area (Å²) in [7, 11) is 0. The summed E-state index contributed by atoms with van der Waals surface area (Å²) in [5, 5.41) is 3.35. The molecule has 2 aromatic heterocycles. The van der Waals surface area contributed by atoms with E-state index in [1.165, 1.54) is 17.6 Å². The summed E-state index contributed by atoms with van der Waals surface area (Å²) in [5.41, 5.74) is 3.21. The van der Waals surface area contributed by atoms with Crippen molar-refractivity contribution in [3.8, 4) is 0 Å². The van der Waals surface area contributed by atoms with Crippen LogP contribution in [0, 0.1) is 13.8 Å². The van der Waals surface area contributed by atoms with Gasteiger partial charge in [-0.3, -0.25) is 10.1 Å². The number of hydrogen-bond acceptors (Lipinski definition) is 4. The van der Waals surface area contributed by atoms with Gasteiger partial charge in [0.2, 0.25) is 0 Å². The fourth-order valence-corrected chi connectivity index (χ4v) is 2.89. The molecule has 0 aliphatic rings. The molecule has 5 heteroatoms. The fourth-order valence-electron chi connectivity index (χ4n) is 1.88. The van der Waals surface area contributed by atoms with Crippen LogP contribution in [0.3, 0.4) is 0 Å². The Hall–Kier alpha value is -2.14. The van der Waals surface area contributed by atoms with E-state index in [1.54, 1.807) is 12.1 Å². The van der Waals surface area contributed by atoms with Gasteiger partial charge in [0.25, 0.3) is 5.91 Å². The van der Waals surface area contributed by atoms with E-state index in [0.29, 0.717) is 5.13 Å². The van der Waals surface area contributed by atoms with Crippen LogP contribution >= 0.6 is 11.3 Å². The van der Waals surface area contributed by atoms with Crippen LogP contribution < -0.4 is 5.32 Å². The van der Waals surface area contributed by atoms with Gasteiger partial charge in [-0.15, -0.1) is 0 Å². The Balaban J connectivity index is 1.96. The Labute approximate surface area is 114 Å².